The predicted octanol–water partition coefficient (Wildman–Crippen LogP) is 1.99. The van der Waals surface area contributed by atoms with E-state index >= 15 is 0 Å². The molecule has 1 aromatic heterocycles. The van der Waals surface area contributed by atoms with E-state index in [1.807, 2.05) is 23.3 Å². The Kier molecular flexibility index (Phi) is 3.03. The van der Waals surface area contributed by atoms with Gasteiger partial charge in [-0.05, 0) is 19.4 Å². The molecule has 1 aliphatic rings. The van der Waals surface area contributed by atoms with Crippen molar-refractivity contribution >= 4 is 23.1 Å². The standard InChI is InChI=1S/C8H12N2S2/c1-2-7(9-3-1)6-12-8-10-4-5-11-8/h4-5,7,9H,1-3,6H2. The summed E-state index contributed by atoms with van der Waals surface area (Å²) in [5, 5.41) is 5.51. The van der Waals surface area contributed by atoms with Crippen LogP contribution in [0.25, 0.3) is 0 Å². The number of nitrogens with zero attached hydrogens (tertiary/aromatic N) is 1. The summed E-state index contributed by atoms with van der Waals surface area (Å²) in [6, 6.07) is 0.721. The second kappa shape index (κ2) is 4.25. The van der Waals surface area contributed by atoms with Crippen molar-refractivity contribution in [3.05, 3.63) is 11.6 Å². The first kappa shape index (κ1) is 8.53. The number of thioether (sulfide) groups is 1. The monoisotopic (exact) mass is 200 g/mol. The quantitative estimate of drug-likeness (QED) is 0.755. The molecule has 0 bridgehead atoms. The summed E-state index contributed by atoms with van der Waals surface area (Å²) in [4.78, 5) is 4.23. The molecule has 0 spiro atoms. The van der Waals surface area contributed by atoms with Crippen molar-refractivity contribution in [1.29, 1.82) is 0 Å². The Morgan fingerprint density at radius 1 is 1.75 bits per heavy atom. The molecule has 0 aliphatic carbocycles. The number of aromatic nitrogens is 1. The normalized spacial score (nSPS) is 23.2. The topological polar surface area (TPSA) is 24.9 Å². The molecule has 1 atom stereocenters. The van der Waals surface area contributed by atoms with Crippen LogP contribution in [0.5, 0.6) is 0 Å². The SMILES string of the molecule is c1csc(SCC2CCCN2)n1. The molecule has 0 aromatic carbocycles. The highest BCUT2D eigenvalue weighted by Crippen LogP contribution is 2.22. The van der Waals surface area contributed by atoms with Gasteiger partial charge < -0.3 is 5.32 Å². The van der Waals surface area contributed by atoms with Crippen molar-refractivity contribution in [2.24, 2.45) is 0 Å². The Morgan fingerprint density at radius 2 is 2.75 bits per heavy atom. The first-order valence-corrected chi connectivity index (χ1v) is 6.07. The number of hydrogen-bond acceptors (Lipinski definition) is 4. The fourth-order valence-electron chi connectivity index (χ4n) is 1.35. The molecule has 0 saturated carbocycles. The van der Waals surface area contributed by atoms with E-state index in [1.54, 1.807) is 11.3 Å². The van der Waals surface area contributed by atoms with Gasteiger partial charge in [0.05, 0.1) is 0 Å². The van der Waals surface area contributed by atoms with E-state index in [9.17, 15) is 0 Å². The van der Waals surface area contributed by atoms with Crippen LogP contribution < -0.4 is 5.32 Å². The predicted molar refractivity (Wildman–Crippen MR) is 53.9 cm³/mol. The summed E-state index contributed by atoms with van der Waals surface area (Å²) < 4.78 is 1.20. The minimum Gasteiger partial charge on any atom is -0.313 e. The Hall–Kier alpha value is -0.0600. The molecule has 2 heterocycles. The zero-order valence-electron chi connectivity index (χ0n) is 6.82. The molecule has 66 valence electrons. The maximum atomic E-state index is 4.23. The van der Waals surface area contributed by atoms with Crippen molar-refractivity contribution in [1.82, 2.24) is 10.3 Å². The summed E-state index contributed by atoms with van der Waals surface area (Å²) in [6.45, 7) is 1.20. The summed E-state index contributed by atoms with van der Waals surface area (Å²) in [7, 11) is 0. The van der Waals surface area contributed by atoms with Crippen molar-refractivity contribution in [3.8, 4) is 0 Å². The largest absolute Gasteiger partial charge is 0.313 e. The van der Waals surface area contributed by atoms with Gasteiger partial charge in [0.2, 0.25) is 0 Å². The zero-order chi connectivity index (χ0) is 8.23. The Morgan fingerprint density at radius 3 is 3.42 bits per heavy atom. The van der Waals surface area contributed by atoms with Gasteiger partial charge in [-0.15, -0.1) is 11.3 Å². The first-order chi connectivity index (χ1) is 5.95. The van der Waals surface area contributed by atoms with Crippen LogP contribution in [0.3, 0.4) is 0 Å². The van der Waals surface area contributed by atoms with Gasteiger partial charge in [0.15, 0.2) is 0 Å². The lowest BCUT2D eigenvalue weighted by atomic mass is 10.3. The summed E-state index contributed by atoms with van der Waals surface area (Å²) in [5.74, 6) is 1.17. The highest BCUT2D eigenvalue weighted by atomic mass is 32.2. The van der Waals surface area contributed by atoms with E-state index in [4.69, 9.17) is 0 Å². The van der Waals surface area contributed by atoms with Crippen molar-refractivity contribution in [2.45, 2.75) is 23.2 Å². The molecular weight excluding hydrogens is 188 g/mol. The molecule has 1 aliphatic heterocycles. The van der Waals surface area contributed by atoms with Gasteiger partial charge in [0.1, 0.15) is 4.34 Å². The molecule has 1 fully saturated rings. The maximum absolute atomic E-state index is 4.23. The van der Waals surface area contributed by atoms with E-state index in [0.717, 1.165) is 6.04 Å². The number of nitrogens with one attached hydrogen (secondary N) is 1. The lowest BCUT2D eigenvalue weighted by molar-refractivity contribution is 0.674. The zero-order valence-corrected chi connectivity index (χ0v) is 8.46. The molecule has 2 nitrogen and oxygen atoms in total. The summed E-state index contributed by atoms with van der Waals surface area (Å²) in [5.41, 5.74) is 0. The Labute approximate surface area is 80.8 Å². The number of hydrogen-bond donors (Lipinski definition) is 1. The lowest BCUT2D eigenvalue weighted by Crippen LogP contribution is -2.23. The van der Waals surface area contributed by atoms with E-state index in [0.29, 0.717) is 0 Å². The molecule has 4 heteroatoms. The van der Waals surface area contributed by atoms with Crippen LogP contribution in [0, 0.1) is 0 Å². The molecule has 0 radical (unpaired) electrons. The van der Waals surface area contributed by atoms with Gasteiger partial charge in [0.25, 0.3) is 0 Å². The molecular formula is C8H12N2S2. The van der Waals surface area contributed by atoms with Crippen LogP contribution in [0.1, 0.15) is 12.8 Å². The summed E-state index contributed by atoms with van der Waals surface area (Å²) in [6.07, 6.45) is 4.54. The van der Waals surface area contributed by atoms with Gasteiger partial charge in [-0.2, -0.15) is 0 Å². The van der Waals surface area contributed by atoms with Crippen molar-refractivity contribution in [3.63, 3.8) is 0 Å². The molecule has 1 aromatic rings. The fraction of sp³-hybridized carbons (Fsp3) is 0.625. The van der Waals surface area contributed by atoms with Gasteiger partial charge in [-0.3, -0.25) is 0 Å². The highest BCUT2D eigenvalue weighted by Gasteiger charge is 2.14. The van der Waals surface area contributed by atoms with Crippen LogP contribution in [0.15, 0.2) is 15.9 Å². The van der Waals surface area contributed by atoms with Crippen molar-refractivity contribution in [2.75, 3.05) is 12.3 Å². The minimum absolute atomic E-state index is 0.721. The van der Waals surface area contributed by atoms with E-state index in [-0.39, 0.29) is 0 Å². The molecule has 1 saturated heterocycles. The Bertz CT molecular complexity index is 217. The van der Waals surface area contributed by atoms with Crippen molar-refractivity contribution < 1.29 is 0 Å². The van der Waals surface area contributed by atoms with Crippen LogP contribution in [0.4, 0.5) is 0 Å². The number of thiazole rings is 1. The van der Waals surface area contributed by atoms with Crippen LogP contribution in [-0.4, -0.2) is 23.3 Å². The highest BCUT2D eigenvalue weighted by molar-refractivity contribution is 8.01. The second-order valence-electron chi connectivity index (χ2n) is 2.90. The summed E-state index contributed by atoms with van der Waals surface area (Å²) >= 11 is 3.60. The van der Waals surface area contributed by atoms with Gasteiger partial charge in [0, 0.05) is 23.4 Å². The van der Waals surface area contributed by atoms with E-state index in [1.165, 1.54) is 29.5 Å². The molecule has 12 heavy (non-hydrogen) atoms. The lowest BCUT2D eigenvalue weighted by Gasteiger charge is -2.06. The second-order valence-corrected chi connectivity index (χ2v) is 5.06. The van der Waals surface area contributed by atoms with Crippen LogP contribution in [0.2, 0.25) is 0 Å². The number of rotatable bonds is 3. The smallest absolute Gasteiger partial charge is 0.149 e. The minimum atomic E-state index is 0.721. The van der Waals surface area contributed by atoms with Gasteiger partial charge in [-0.25, -0.2) is 4.98 Å². The average molecular weight is 200 g/mol. The molecule has 2 rings (SSSR count). The third kappa shape index (κ3) is 2.21. The van der Waals surface area contributed by atoms with Gasteiger partial charge in [-0.1, -0.05) is 11.8 Å². The first-order valence-electron chi connectivity index (χ1n) is 4.21. The maximum Gasteiger partial charge on any atom is 0.149 e. The molecule has 0 amide bonds. The molecule has 1 N–H and O–H groups in total. The Balaban J connectivity index is 1.74. The van der Waals surface area contributed by atoms with Gasteiger partial charge >= 0.3 is 0 Å². The fourth-order valence-corrected chi connectivity index (χ4v) is 3.12. The third-order valence-corrected chi connectivity index (χ3v) is 4.11. The van der Waals surface area contributed by atoms with E-state index < -0.39 is 0 Å². The van der Waals surface area contributed by atoms with Crippen LogP contribution in [-0.2, 0) is 0 Å². The third-order valence-electron chi connectivity index (χ3n) is 1.98. The molecule has 1 unspecified atom stereocenters. The van der Waals surface area contributed by atoms with E-state index in [2.05, 4.69) is 10.3 Å². The van der Waals surface area contributed by atoms with Crippen LogP contribution >= 0.6 is 23.1 Å². The average Bonchev–Trinajstić information content (AvgIpc) is 2.74.